The van der Waals surface area contributed by atoms with Gasteiger partial charge in [0.05, 0.1) is 30.2 Å². The zero-order valence-corrected chi connectivity index (χ0v) is 49.1. The summed E-state index contributed by atoms with van der Waals surface area (Å²) in [5.74, 6) is -1.50. The number of carbonyl (C=O) groups is 1. The molecule has 0 bridgehead atoms. The number of aromatic hydroxyl groups is 1. The Balaban J connectivity index is 0.000000246. The summed E-state index contributed by atoms with van der Waals surface area (Å²) < 4.78 is 79.0. The van der Waals surface area contributed by atoms with Crippen molar-refractivity contribution in [1.82, 2.24) is 0 Å². The summed E-state index contributed by atoms with van der Waals surface area (Å²) in [6.07, 6.45) is 0.496. The molecule has 0 fully saturated rings. The van der Waals surface area contributed by atoms with Gasteiger partial charge in [-0.2, -0.15) is 21.9 Å². The molecule has 0 aliphatic heterocycles. The minimum atomic E-state index is -4.68. The summed E-state index contributed by atoms with van der Waals surface area (Å²) >= 11 is 12.3. The normalized spacial score (nSPS) is 11.9. The Morgan fingerprint density at radius 2 is 1.09 bits per heavy atom. The van der Waals surface area contributed by atoms with E-state index in [2.05, 4.69) is 30.8 Å². The van der Waals surface area contributed by atoms with Gasteiger partial charge in [-0.15, -0.1) is 15.3 Å². The molecular formula is C54H46BaCl2N6O12S2. The molecule has 0 aromatic heterocycles. The van der Waals surface area contributed by atoms with Gasteiger partial charge in [-0.25, -0.2) is 0 Å². The molecule has 8 aromatic rings. The van der Waals surface area contributed by atoms with Crippen molar-refractivity contribution in [2.24, 2.45) is 25.4 Å². The largest absolute Gasteiger partial charge is 2.00 e. The molecule has 18 nitrogen and oxygen atoms in total. The van der Waals surface area contributed by atoms with Gasteiger partial charge in [0.15, 0.2) is 5.75 Å². The van der Waals surface area contributed by atoms with Crippen molar-refractivity contribution >= 4 is 160 Å². The zero-order valence-electron chi connectivity index (χ0n) is 41.6. The standard InChI is InChI=1S/2C27H24ClN3O6S.Ba/c2*1-3-16-12-18(28)14-23(26(16)38(34,35)36)30-31-24-21-11-6-5-8-17(21)13-22(25(24)32)27(33)29-19-9-7-10-20(15-19)37-4-2;/h2*5-15,32H,3-4H2,1-2H3,(H,29,33)(H,34,35,36);/q;;+2/p-2. The average molecular weight is 1240 g/mol. The summed E-state index contributed by atoms with van der Waals surface area (Å²) in [7, 11) is -9.35. The number of aryl methyl sites for hydroxylation is 2. The van der Waals surface area contributed by atoms with Crippen molar-refractivity contribution in [2.45, 2.75) is 50.3 Å². The molecule has 0 aliphatic carbocycles. The van der Waals surface area contributed by atoms with E-state index >= 15 is 0 Å². The molecule has 392 valence electrons. The van der Waals surface area contributed by atoms with E-state index in [1.807, 2.05) is 13.8 Å². The third-order valence-electron chi connectivity index (χ3n) is 11.2. The van der Waals surface area contributed by atoms with E-state index in [0.717, 1.165) is 0 Å². The van der Waals surface area contributed by atoms with Gasteiger partial charge >= 0.3 is 48.9 Å². The zero-order chi connectivity index (χ0) is 54.9. The summed E-state index contributed by atoms with van der Waals surface area (Å²) in [5.41, 5.74) is 0.242. The minimum Gasteiger partial charge on any atom is -0.871 e. The van der Waals surface area contributed by atoms with Crippen LogP contribution in [0.3, 0.4) is 0 Å². The first-order valence-electron chi connectivity index (χ1n) is 23.2. The van der Waals surface area contributed by atoms with Crippen LogP contribution in [0.1, 0.15) is 54.7 Å². The molecular weight excluding hydrogens is 1200 g/mol. The predicted octanol–water partition coefficient (Wildman–Crippen LogP) is 12.3. The van der Waals surface area contributed by atoms with Crippen LogP contribution in [-0.4, -0.2) is 105 Å². The topological polar surface area (TPSA) is 284 Å². The first-order valence-corrected chi connectivity index (χ1v) is 26.8. The third-order valence-corrected chi connectivity index (χ3v) is 13.6. The molecule has 23 heteroatoms. The molecule has 8 rings (SSSR count). The van der Waals surface area contributed by atoms with Crippen molar-refractivity contribution in [3.8, 4) is 23.0 Å². The van der Waals surface area contributed by atoms with Crippen LogP contribution in [0.25, 0.3) is 21.5 Å². The quantitative estimate of drug-likeness (QED) is 0.0231. The van der Waals surface area contributed by atoms with E-state index in [4.69, 9.17) is 32.7 Å². The van der Waals surface area contributed by atoms with E-state index < -0.39 is 53.3 Å². The van der Waals surface area contributed by atoms with Gasteiger partial charge < -0.3 is 30.1 Å². The first kappa shape index (κ1) is 59.8. The SMILES string of the molecule is CCOc1cccc(N=C([O-])c2cc3ccccc3c(N=Nc3cc(Cl)cc(CC)c3S(=O)(=O)O)c2[O-])c1.CCOc1cccc(NC(=O)c2cc3ccccc3c(N=Nc3cc(Cl)cc(CC)c3S(=O)(=O)O)c2O)c1.[Ba+2]. The number of rotatable bonds is 16. The number of phenolic OH excluding ortho intramolecular Hbond substituents is 1. The molecule has 4 N–H and O–H groups in total. The van der Waals surface area contributed by atoms with Gasteiger partial charge in [0.2, 0.25) is 0 Å². The second kappa shape index (κ2) is 26.3. The second-order valence-corrected chi connectivity index (χ2v) is 19.9. The van der Waals surface area contributed by atoms with Gasteiger partial charge in [-0.05, 0) is 121 Å². The summed E-state index contributed by atoms with van der Waals surface area (Å²) in [5, 5.41) is 58.9. The number of phenols is 1. The average Bonchev–Trinajstić information content (AvgIpc) is 3.37. The fourth-order valence-corrected chi connectivity index (χ4v) is 10.2. The van der Waals surface area contributed by atoms with Crippen LogP contribution in [-0.2, 0) is 33.1 Å². The molecule has 77 heavy (non-hydrogen) atoms. The van der Waals surface area contributed by atoms with Crippen molar-refractivity contribution in [3.05, 3.63) is 166 Å². The van der Waals surface area contributed by atoms with Crippen LogP contribution in [0.4, 0.5) is 34.1 Å². The molecule has 0 atom stereocenters. The fourth-order valence-electron chi connectivity index (χ4n) is 7.92. The third kappa shape index (κ3) is 14.6. The summed E-state index contributed by atoms with van der Waals surface area (Å²) in [6.45, 7) is 7.96. The smallest absolute Gasteiger partial charge is 0.871 e. The maximum atomic E-state index is 13.4. The van der Waals surface area contributed by atoms with Crippen LogP contribution < -0.4 is 25.0 Å². The number of aliphatic imine (C=N–C) groups is 1. The van der Waals surface area contributed by atoms with Crippen molar-refractivity contribution < 1.29 is 55.5 Å². The van der Waals surface area contributed by atoms with Crippen LogP contribution in [0.2, 0.25) is 10.0 Å². The minimum absolute atomic E-state index is 0. The maximum absolute atomic E-state index is 13.4. The molecule has 0 saturated heterocycles. The number of fused-ring (bicyclic) bond motifs is 2. The Labute approximate surface area is 493 Å². The molecule has 0 radical (unpaired) electrons. The second-order valence-electron chi connectivity index (χ2n) is 16.3. The summed E-state index contributed by atoms with van der Waals surface area (Å²) in [6, 6.07) is 35.2. The van der Waals surface area contributed by atoms with E-state index in [-0.39, 0.29) is 117 Å². The van der Waals surface area contributed by atoms with Gasteiger partial charge in [0, 0.05) is 38.6 Å². The van der Waals surface area contributed by atoms with Crippen molar-refractivity contribution in [3.63, 3.8) is 0 Å². The number of halogens is 2. The monoisotopic (exact) mass is 1240 g/mol. The van der Waals surface area contributed by atoms with Crippen molar-refractivity contribution in [2.75, 3.05) is 18.5 Å². The predicted molar refractivity (Wildman–Crippen MR) is 294 cm³/mol. The van der Waals surface area contributed by atoms with Gasteiger partial charge in [0.1, 0.15) is 38.4 Å². The Morgan fingerprint density at radius 3 is 1.61 bits per heavy atom. The van der Waals surface area contributed by atoms with Gasteiger partial charge in [-0.3, -0.25) is 18.9 Å². The van der Waals surface area contributed by atoms with Gasteiger partial charge in [0.25, 0.3) is 26.1 Å². The van der Waals surface area contributed by atoms with Crippen LogP contribution in [0.15, 0.2) is 169 Å². The number of ether oxygens (including phenoxy) is 2. The molecule has 0 aliphatic rings. The number of benzene rings is 8. The Bertz CT molecular complexity index is 3860. The van der Waals surface area contributed by atoms with Crippen LogP contribution >= 0.6 is 23.2 Å². The maximum Gasteiger partial charge on any atom is 2.00 e. The van der Waals surface area contributed by atoms with E-state index in [9.17, 15) is 46.1 Å². The molecule has 8 aromatic carbocycles. The molecule has 1 amide bonds. The Kier molecular flexibility index (Phi) is 20.4. The van der Waals surface area contributed by atoms with E-state index in [0.29, 0.717) is 57.6 Å². The Hall–Kier alpha value is -6.41. The molecule has 0 saturated carbocycles. The van der Waals surface area contributed by atoms with Crippen molar-refractivity contribution in [1.29, 1.82) is 0 Å². The number of hydrogen-bond donors (Lipinski definition) is 4. The van der Waals surface area contributed by atoms with E-state index in [1.54, 1.807) is 111 Å². The number of amides is 1. The van der Waals surface area contributed by atoms with E-state index in [1.165, 1.54) is 36.4 Å². The number of anilines is 1. The number of nitrogens with one attached hydrogen (secondary N) is 1. The first-order chi connectivity index (χ1) is 36.2. The number of carbonyl (C=O) groups excluding carboxylic acids is 1. The molecule has 0 spiro atoms. The molecule has 0 heterocycles. The van der Waals surface area contributed by atoms with Crippen LogP contribution in [0, 0.1) is 0 Å². The number of azo groups is 2. The number of hydrogen-bond acceptors (Lipinski definition) is 15. The van der Waals surface area contributed by atoms with Gasteiger partial charge in [-0.1, -0.05) is 103 Å². The molecule has 0 unspecified atom stereocenters. The number of nitrogens with zero attached hydrogens (tertiary/aromatic N) is 5. The Morgan fingerprint density at radius 1 is 0.610 bits per heavy atom. The van der Waals surface area contributed by atoms with Crippen LogP contribution in [0.5, 0.6) is 23.0 Å². The summed E-state index contributed by atoms with van der Waals surface area (Å²) in [4.78, 5) is 16.3. The fraction of sp³-hybridized carbons (Fsp3) is 0.148.